The first-order chi connectivity index (χ1) is 17.0. The minimum atomic E-state index is -1.12. The van der Waals surface area contributed by atoms with Crippen LogP contribution in [0.25, 0.3) is 11.1 Å². The molecule has 0 heterocycles. The van der Waals surface area contributed by atoms with Crippen molar-refractivity contribution < 1.29 is 24.2 Å². The van der Waals surface area contributed by atoms with E-state index in [0.717, 1.165) is 22.3 Å². The molecule has 2 aromatic rings. The molecule has 2 amide bonds. The Morgan fingerprint density at radius 2 is 1.74 bits per heavy atom. The van der Waals surface area contributed by atoms with Crippen LogP contribution in [-0.2, 0) is 14.3 Å². The number of hydrogen-bond donors (Lipinski definition) is 3. The number of ether oxygens (including phenoxy) is 1. The van der Waals surface area contributed by atoms with Crippen LogP contribution in [0.4, 0.5) is 4.79 Å². The predicted octanol–water partition coefficient (Wildman–Crippen LogP) is 3.84. The number of carboxylic acids is 1. The topological polar surface area (TPSA) is 105 Å². The van der Waals surface area contributed by atoms with Crippen LogP contribution < -0.4 is 10.6 Å². The van der Waals surface area contributed by atoms with E-state index >= 15 is 0 Å². The van der Waals surface area contributed by atoms with E-state index in [-0.39, 0.29) is 30.9 Å². The molecule has 7 heteroatoms. The fourth-order valence-corrected chi connectivity index (χ4v) is 4.69. The van der Waals surface area contributed by atoms with Crippen LogP contribution in [0.15, 0.2) is 60.7 Å². The fraction of sp³-hybridized carbons (Fsp3) is 0.321. The highest BCUT2D eigenvalue weighted by atomic mass is 16.5. The molecule has 2 aliphatic rings. The minimum absolute atomic E-state index is 0.0345. The van der Waals surface area contributed by atoms with Gasteiger partial charge in [0.05, 0.1) is 6.04 Å². The van der Waals surface area contributed by atoms with Crippen LogP contribution in [0, 0.1) is 17.8 Å². The molecular weight excluding hydrogens is 444 g/mol. The predicted molar refractivity (Wildman–Crippen MR) is 131 cm³/mol. The van der Waals surface area contributed by atoms with Crippen molar-refractivity contribution in [2.24, 2.45) is 5.92 Å². The summed E-state index contributed by atoms with van der Waals surface area (Å²) in [6, 6.07) is 14.8. The lowest BCUT2D eigenvalue weighted by Gasteiger charge is -2.26. The Morgan fingerprint density at radius 3 is 2.37 bits per heavy atom. The van der Waals surface area contributed by atoms with Gasteiger partial charge in [-0.1, -0.05) is 60.7 Å². The molecule has 180 valence electrons. The maximum Gasteiger partial charge on any atom is 0.407 e. The number of rotatable bonds is 7. The first kappa shape index (κ1) is 24.1. The number of carbonyl (C=O) groups excluding carboxylic acids is 2. The van der Waals surface area contributed by atoms with Gasteiger partial charge in [0.2, 0.25) is 5.91 Å². The first-order valence-corrected chi connectivity index (χ1v) is 11.7. The van der Waals surface area contributed by atoms with Crippen LogP contribution in [0.2, 0.25) is 0 Å². The van der Waals surface area contributed by atoms with Gasteiger partial charge in [-0.05, 0) is 42.0 Å². The van der Waals surface area contributed by atoms with Crippen LogP contribution in [0.3, 0.4) is 0 Å². The molecule has 0 saturated heterocycles. The molecule has 0 saturated carbocycles. The highest BCUT2D eigenvalue weighted by Gasteiger charge is 2.31. The van der Waals surface area contributed by atoms with E-state index in [1.807, 2.05) is 36.4 Å². The van der Waals surface area contributed by atoms with Crippen molar-refractivity contribution >= 4 is 18.0 Å². The number of aliphatic carboxylic acids is 1. The van der Waals surface area contributed by atoms with Crippen LogP contribution >= 0.6 is 0 Å². The van der Waals surface area contributed by atoms with Gasteiger partial charge in [0.25, 0.3) is 0 Å². The van der Waals surface area contributed by atoms with Gasteiger partial charge < -0.3 is 20.5 Å². The molecule has 7 nitrogen and oxygen atoms in total. The number of carbonyl (C=O) groups is 3. The van der Waals surface area contributed by atoms with Crippen molar-refractivity contribution in [2.75, 3.05) is 6.61 Å². The van der Waals surface area contributed by atoms with E-state index in [4.69, 9.17) is 4.74 Å². The SMILES string of the molecule is CC#CCC(NC(=O)C1CC=CC(NC(=O)OCC2c3ccccc3-c3ccccc32)C1)C(=O)O. The largest absolute Gasteiger partial charge is 0.480 e. The zero-order chi connectivity index (χ0) is 24.8. The highest BCUT2D eigenvalue weighted by Crippen LogP contribution is 2.44. The minimum Gasteiger partial charge on any atom is -0.480 e. The van der Waals surface area contributed by atoms with Gasteiger partial charge in [-0.25, -0.2) is 9.59 Å². The Bertz CT molecular complexity index is 1160. The number of benzene rings is 2. The second kappa shape index (κ2) is 10.9. The lowest BCUT2D eigenvalue weighted by molar-refractivity contribution is -0.142. The molecule has 0 fully saturated rings. The fourth-order valence-electron chi connectivity index (χ4n) is 4.69. The number of allylic oxidation sites excluding steroid dienone is 1. The molecule has 0 bridgehead atoms. The van der Waals surface area contributed by atoms with E-state index in [1.165, 1.54) is 0 Å². The summed E-state index contributed by atoms with van der Waals surface area (Å²) in [6.45, 7) is 1.82. The van der Waals surface area contributed by atoms with Crippen molar-refractivity contribution in [3.63, 3.8) is 0 Å². The average Bonchev–Trinajstić information content (AvgIpc) is 3.19. The average molecular weight is 473 g/mol. The first-order valence-electron chi connectivity index (χ1n) is 11.7. The number of hydrogen-bond acceptors (Lipinski definition) is 4. The van der Waals surface area contributed by atoms with Crippen molar-refractivity contribution in [3.8, 4) is 23.0 Å². The quantitative estimate of drug-likeness (QED) is 0.420. The Kier molecular flexibility index (Phi) is 7.51. The number of fused-ring (bicyclic) bond motifs is 3. The second-order valence-electron chi connectivity index (χ2n) is 8.70. The summed E-state index contributed by atoms with van der Waals surface area (Å²) in [4.78, 5) is 36.6. The maximum absolute atomic E-state index is 12.6. The van der Waals surface area contributed by atoms with Gasteiger partial charge in [-0.15, -0.1) is 11.8 Å². The molecule has 3 atom stereocenters. The second-order valence-corrected chi connectivity index (χ2v) is 8.70. The third-order valence-corrected chi connectivity index (χ3v) is 6.44. The number of amides is 2. The van der Waals surface area contributed by atoms with E-state index in [9.17, 15) is 19.5 Å². The van der Waals surface area contributed by atoms with Gasteiger partial charge in [0, 0.05) is 18.3 Å². The Hall–Kier alpha value is -4.05. The van der Waals surface area contributed by atoms with Gasteiger partial charge >= 0.3 is 12.1 Å². The zero-order valence-electron chi connectivity index (χ0n) is 19.5. The van der Waals surface area contributed by atoms with Crippen molar-refractivity contribution in [1.82, 2.24) is 10.6 Å². The van der Waals surface area contributed by atoms with Crippen molar-refractivity contribution in [3.05, 3.63) is 71.8 Å². The smallest absolute Gasteiger partial charge is 0.407 e. The Morgan fingerprint density at radius 1 is 1.09 bits per heavy atom. The van der Waals surface area contributed by atoms with Gasteiger partial charge in [0.1, 0.15) is 12.6 Å². The highest BCUT2D eigenvalue weighted by molar-refractivity contribution is 5.85. The summed E-state index contributed by atoms with van der Waals surface area (Å²) in [6.07, 6.45) is 3.98. The summed E-state index contributed by atoms with van der Waals surface area (Å²) >= 11 is 0. The van der Waals surface area contributed by atoms with E-state index in [0.29, 0.717) is 12.8 Å². The summed E-state index contributed by atoms with van der Waals surface area (Å²) in [5.41, 5.74) is 4.59. The number of carboxylic acid groups (broad SMARTS) is 1. The molecule has 35 heavy (non-hydrogen) atoms. The Balaban J connectivity index is 1.32. The molecule has 3 N–H and O–H groups in total. The van der Waals surface area contributed by atoms with Crippen LogP contribution in [-0.4, -0.2) is 41.8 Å². The van der Waals surface area contributed by atoms with Crippen molar-refractivity contribution in [2.45, 2.75) is 44.2 Å². The maximum atomic E-state index is 12.6. The van der Waals surface area contributed by atoms with Gasteiger partial charge in [0.15, 0.2) is 0 Å². The molecule has 0 aliphatic heterocycles. The summed E-state index contributed by atoms with van der Waals surface area (Å²) in [5, 5.41) is 14.7. The normalized spacial score (nSPS) is 18.9. The number of nitrogens with one attached hydrogen (secondary N) is 2. The molecular formula is C28H28N2O5. The van der Waals surface area contributed by atoms with Gasteiger partial charge in [-0.3, -0.25) is 4.79 Å². The molecule has 4 rings (SSSR count). The third-order valence-electron chi connectivity index (χ3n) is 6.44. The van der Waals surface area contributed by atoms with Gasteiger partial charge in [-0.2, -0.15) is 0 Å². The number of alkyl carbamates (subject to hydrolysis) is 1. The third kappa shape index (κ3) is 5.55. The van der Waals surface area contributed by atoms with E-state index in [2.05, 4.69) is 46.7 Å². The molecule has 3 unspecified atom stereocenters. The lowest BCUT2D eigenvalue weighted by Crippen LogP contribution is -2.46. The van der Waals surface area contributed by atoms with E-state index in [1.54, 1.807) is 6.92 Å². The van der Waals surface area contributed by atoms with E-state index < -0.39 is 24.0 Å². The molecule has 2 aliphatic carbocycles. The van der Waals surface area contributed by atoms with Crippen molar-refractivity contribution in [1.29, 1.82) is 0 Å². The zero-order valence-corrected chi connectivity index (χ0v) is 19.5. The lowest BCUT2D eigenvalue weighted by atomic mass is 9.90. The summed E-state index contributed by atoms with van der Waals surface area (Å²) in [7, 11) is 0. The van der Waals surface area contributed by atoms with Crippen LogP contribution in [0.1, 0.15) is 43.2 Å². The molecule has 0 aromatic heterocycles. The molecule has 2 aromatic carbocycles. The van der Waals surface area contributed by atoms with Crippen LogP contribution in [0.5, 0.6) is 0 Å². The molecule has 0 spiro atoms. The monoisotopic (exact) mass is 472 g/mol. The Labute approximate surface area is 204 Å². The molecule has 0 radical (unpaired) electrons. The standard InChI is InChI=1S/C28H28N2O5/c1-2-3-15-25(27(32)33)30-26(31)18-9-8-10-19(16-18)29-28(34)35-17-24-22-13-6-4-11-20(22)21-12-5-7-14-23(21)24/h4-8,10-14,18-19,24-25H,9,15-17H2,1H3,(H,29,34)(H,30,31)(H,32,33). The summed E-state index contributed by atoms with van der Waals surface area (Å²) < 4.78 is 5.60. The summed E-state index contributed by atoms with van der Waals surface area (Å²) in [5.74, 6) is 3.36.